The van der Waals surface area contributed by atoms with Crippen molar-refractivity contribution in [2.45, 2.75) is 13.3 Å². The van der Waals surface area contributed by atoms with E-state index in [1.54, 1.807) is 24.3 Å². The molecule has 4 heteroatoms. The van der Waals surface area contributed by atoms with Crippen LogP contribution in [0.2, 0.25) is 0 Å². The molecule has 0 saturated carbocycles. The van der Waals surface area contributed by atoms with E-state index in [-0.39, 0.29) is 11.8 Å². The Morgan fingerprint density at radius 1 is 1.53 bits per heavy atom. The molecule has 0 saturated heterocycles. The number of aromatic nitrogens is 1. The number of hydrogen-bond acceptors (Lipinski definition) is 3. The van der Waals surface area contributed by atoms with Crippen LogP contribution in [0.3, 0.4) is 0 Å². The molecule has 1 aromatic heterocycles. The molecule has 0 fully saturated rings. The van der Waals surface area contributed by atoms with Gasteiger partial charge in [0.05, 0.1) is 0 Å². The number of amides is 1. The molecule has 1 rings (SSSR count). The van der Waals surface area contributed by atoms with Crippen LogP contribution in [-0.2, 0) is 4.79 Å². The number of pyridine rings is 1. The van der Waals surface area contributed by atoms with Gasteiger partial charge in [-0.1, -0.05) is 6.92 Å². The van der Waals surface area contributed by atoms with E-state index in [0.717, 1.165) is 5.69 Å². The third-order valence-corrected chi connectivity index (χ3v) is 2.40. The summed E-state index contributed by atoms with van der Waals surface area (Å²) < 4.78 is 0. The monoisotopic (exact) mass is 207 g/mol. The number of nitrogens with two attached hydrogens (primary N) is 1. The van der Waals surface area contributed by atoms with Gasteiger partial charge < -0.3 is 10.6 Å². The lowest BCUT2D eigenvalue weighted by Crippen LogP contribution is -2.32. The average molecular weight is 207 g/mol. The number of anilines is 1. The highest BCUT2D eigenvalue weighted by Gasteiger charge is 2.17. The maximum atomic E-state index is 11.9. The lowest BCUT2D eigenvalue weighted by molar-refractivity contribution is -0.121. The fraction of sp³-hybridized carbons (Fsp3) is 0.455. The van der Waals surface area contributed by atoms with Crippen molar-refractivity contribution in [3.63, 3.8) is 0 Å². The Kier molecular flexibility index (Phi) is 4.24. The first-order valence-corrected chi connectivity index (χ1v) is 5.04. The second-order valence-electron chi connectivity index (χ2n) is 3.58. The Labute approximate surface area is 90.1 Å². The van der Waals surface area contributed by atoms with Gasteiger partial charge in [-0.05, 0) is 25.1 Å². The fourth-order valence-electron chi connectivity index (χ4n) is 1.40. The molecule has 0 spiro atoms. The first-order valence-electron chi connectivity index (χ1n) is 5.04. The van der Waals surface area contributed by atoms with E-state index in [9.17, 15) is 4.79 Å². The molecule has 82 valence electrons. The molecule has 2 N–H and O–H groups in total. The Hall–Kier alpha value is -1.42. The van der Waals surface area contributed by atoms with Crippen molar-refractivity contribution >= 4 is 11.6 Å². The molecule has 1 heterocycles. The summed E-state index contributed by atoms with van der Waals surface area (Å²) in [5.41, 5.74) is 6.29. The predicted molar refractivity (Wildman–Crippen MR) is 60.5 cm³/mol. The van der Waals surface area contributed by atoms with Gasteiger partial charge in [0, 0.05) is 31.0 Å². The topological polar surface area (TPSA) is 59.2 Å². The molecule has 1 atom stereocenters. The number of nitrogens with zero attached hydrogens (tertiary/aromatic N) is 2. The smallest absolute Gasteiger partial charge is 0.229 e. The van der Waals surface area contributed by atoms with E-state index in [1.807, 2.05) is 19.1 Å². The number of carbonyl (C=O) groups excluding carboxylic acids is 1. The van der Waals surface area contributed by atoms with Crippen molar-refractivity contribution in [1.82, 2.24) is 4.98 Å². The largest absolute Gasteiger partial charge is 0.330 e. The third kappa shape index (κ3) is 3.02. The van der Waals surface area contributed by atoms with Gasteiger partial charge in [0.2, 0.25) is 5.91 Å². The third-order valence-electron chi connectivity index (χ3n) is 2.40. The van der Waals surface area contributed by atoms with Gasteiger partial charge in [0.25, 0.3) is 0 Å². The fourth-order valence-corrected chi connectivity index (χ4v) is 1.40. The minimum Gasteiger partial charge on any atom is -0.330 e. The lowest BCUT2D eigenvalue weighted by Gasteiger charge is -2.20. The van der Waals surface area contributed by atoms with Gasteiger partial charge in [0.1, 0.15) is 0 Å². The molecule has 4 nitrogen and oxygen atoms in total. The Bertz CT molecular complexity index is 313. The summed E-state index contributed by atoms with van der Waals surface area (Å²) in [5.74, 6) is 0.0554. The standard InChI is InChI=1S/C11H17N3O/c1-9(3-6-12)11(15)14(2)10-4-7-13-8-5-10/h4-5,7-9H,3,6,12H2,1-2H3. The highest BCUT2D eigenvalue weighted by molar-refractivity contribution is 5.94. The van der Waals surface area contributed by atoms with Gasteiger partial charge in [-0.3, -0.25) is 9.78 Å². The van der Waals surface area contributed by atoms with E-state index in [0.29, 0.717) is 13.0 Å². The Morgan fingerprint density at radius 2 is 2.13 bits per heavy atom. The van der Waals surface area contributed by atoms with Crippen molar-refractivity contribution in [1.29, 1.82) is 0 Å². The zero-order valence-electron chi connectivity index (χ0n) is 9.18. The number of carbonyl (C=O) groups is 1. The molecule has 1 aromatic rings. The second kappa shape index (κ2) is 5.46. The van der Waals surface area contributed by atoms with Crippen LogP contribution in [0.15, 0.2) is 24.5 Å². The molecular formula is C11H17N3O. The number of hydrogen-bond donors (Lipinski definition) is 1. The van der Waals surface area contributed by atoms with E-state index in [4.69, 9.17) is 5.73 Å². The van der Waals surface area contributed by atoms with Crippen molar-refractivity contribution in [3.8, 4) is 0 Å². The first kappa shape index (κ1) is 11.7. The maximum absolute atomic E-state index is 11.9. The normalized spacial score (nSPS) is 12.2. The van der Waals surface area contributed by atoms with Crippen molar-refractivity contribution < 1.29 is 4.79 Å². The van der Waals surface area contributed by atoms with Crippen molar-refractivity contribution in [2.24, 2.45) is 11.7 Å². The molecule has 1 amide bonds. The van der Waals surface area contributed by atoms with Gasteiger partial charge in [-0.25, -0.2) is 0 Å². The summed E-state index contributed by atoms with van der Waals surface area (Å²) in [6.07, 6.45) is 4.06. The zero-order valence-corrected chi connectivity index (χ0v) is 9.18. The van der Waals surface area contributed by atoms with Gasteiger partial charge in [-0.15, -0.1) is 0 Å². The molecule has 15 heavy (non-hydrogen) atoms. The van der Waals surface area contributed by atoms with Crippen LogP contribution in [-0.4, -0.2) is 24.5 Å². The first-order chi connectivity index (χ1) is 7.16. The van der Waals surface area contributed by atoms with Crippen LogP contribution >= 0.6 is 0 Å². The molecular weight excluding hydrogens is 190 g/mol. The molecule has 0 aromatic carbocycles. The average Bonchev–Trinajstić information content (AvgIpc) is 2.28. The van der Waals surface area contributed by atoms with Crippen molar-refractivity contribution in [3.05, 3.63) is 24.5 Å². The van der Waals surface area contributed by atoms with Crippen LogP contribution in [0, 0.1) is 5.92 Å². The minimum absolute atomic E-state index is 0.0341. The van der Waals surface area contributed by atoms with Gasteiger partial charge in [-0.2, -0.15) is 0 Å². The Balaban J connectivity index is 2.69. The Morgan fingerprint density at radius 3 is 2.67 bits per heavy atom. The van der Waals surface area contributed by atoms with Crippen LogP contribution in [0.1, 0.15) is 13.3 Å². The molecule has 0 radical (unpaired) electrons. The summed E-state index contributed by atoms with van der Waals surface area (Å²) in [4.78, 5) is 17.4. The maximum Gasteiger partial charge on any atom is 0.229 e. The highest BCUT2D eigenvalue weighted by Crippen LogP contribution is 2.14. The minimum atomic E-state index is -0.0341. The van der Waals surface area contributed by atoms with Crippen LogP contribution in [0.25, 0.3) is 0 Å². The molecule has 0 aliphatic rings. The van der Waals surface area contributed by atoms with E-state index < -0.39 is 0 Å². The SMILES string of the molecule is CC(CCN)C(=O)N(C)c1ccncc1. The quantitative estimate of drug-likeness (QED) is 0.802. The highest BCUT2D eigenvalue weighted by atomic mass is 16.2. The van der Waals surface area contributed by atoms with E-state index >= 15 is 0 Å². The summed E-state index contributed by atoms with van der Waals surface area (Å²) in [5, 5.41) is 0. The van der Waals surface area contributed by atoms with Gasteiger partial charge in [0.15, 0.2) is 0 Å². The predicted octanol–water partition coefficient (Wildman–Crippen LogP) is 1.03. The van der Waals surface area contributed by atoms with Crippen molar-refractivity contribution in [2.75, 3.05) is 18.5 Å². The molecule has 0 aliphatic heterocycles. The number of rotatable bonds is 4. The van der Waals surface area contributed by atoms with Crippen LogP contribution in [0.4, 0.5) is 5.69 Å². The summed E-state index contributed by atoms with van der Waals surface area (Å²) >= 11 is 0. The van der Waals surface area contributed by atoms with E-state index in [1.165, 1.54) is 0 Å². The molecule has 1 unspecified atom stereocenters. The van der Waals surface area contributed by atoms with Gasteiger partial charge >= 0.3 is 0 Å². The summed E-state index contributed by atoms with van der Waals surface area (Å²) in [7, 11) is 1.77. The van der Waals surface area contributed by atoms with E-state index in [2.05, 4.69) is 4.98 Å². The second-order valence-corrected chi connectivity index (χ2v) is 3.58. The van der Waals surface area contributed by atoms with Crippen LogP contribution in [0.5, 0.6) is 0 Å². The zero-order chi connectivity index (χ0) is 11.3. The lowest BCUT2D eigenvalue weighted by atomic mass is 10.1. The molecule has 0 bridgehead atoms. The summed E-state index contributed by atoms with van der Waals surface area (Å²) in [6.45, 7) is 2.43. The summed E-state index contributed by atoms with van der Waals surface area (Å²) in [6, 6.07) is 3.63. The van der Waals surface area contributed by atoms with Crippen LogP contribution < -0.4 is 10.6 Å². The molecule has 0 aliphatic carbocycles.